The smallest absolute Gasteiger partial charge is 0.0257 e. The highest BCUT2D eigenvalue weighted by Gasteiger charge is 1.78. The molecule has 0 spiro atoms. The third-order valence-electron chi connectivity index (χ3n) is 1.61. The van der Waals surface area contributed by atoms with E-state index < -0.39 is 0 Å². The highest BCUT2D eigenvalue weighted by Crippen LogP contribution is 2.00. The van der Waals surface area contributed by atoms with Gasteiger partial charge in [-0.25, -0.2) is 0 Å². The lowest BCUT2D eigenvalue weighted by atomic mass is 10.2. The monoisotopic (exact) mass is 170 g/mol. The van der Waals surface area contributed by atoms with Crippen molar-refractivity contribution in [2.45, 2.75) is 6.92 Å². The molecule has 0 aromatic heterocycles. The van der Waals surface area contributed by atoms with Crippen molar-refractivity contribution in [1.82, 2.24) is 0 Å². The average molecular weight is 170 g/mol. The fourth-order valence-electron chi connectivity index (χ4n) is 0.970. The fourth-order valence-corrected chi connectivity index (χ4v) is 0.970. The number of hydrogen-bond donors (Lipinski definition) is 0. The van der Waals surface area contributed by atoms with Crippen LogP contribution in [0, 0.1) is 0 Å². The lowest BCUT2D eigenvalue weighted by Gasteiger charge is -1.87. The second kappa shape index (κ2) is 6.01. The number of benzene rings is 1. The van der Waals surface area contributed by atoms with Crippen LogP contribution < -0.4 is 0 Å². The molecule has 0 saturated heterocycles. The first-order valence-corrected chi connectivity index (χ1v) is 4.44. The van der Waals surface area contributed by atoms with Gasteiger partial charge in [0.05, 0.1) is 0 Å². The largest absolute Gasteiger partial charge is 0.0877 e. The summed E-state index contributed by atoms with van der Waals surface area (Å²) in [5, 5.41) is 0. The molecule has 13 heavy (non-hydrogen) atoms. The average Bonchev–Trinajstić information content (AvgIpc) is 2.19. The molecule has 0 radical (unpaired) electrons. The highest BCUT2D eigenvalue weighted by atomic mass is 13.8. The lowest BCUT2D eigenvalue weighted by molar-refractivity contribution is 1.66. The van der Waals surface area contributed by atoms with E-state index >= 15 is 0 Å². The van der Waals surface area contributed by atoms with Gasteiger partial charge in [0.2, 0.25) is 0 Å². The van der Waals surface area contributed by atoms with Gasteiger partial charge in [0, 0.05) is 0 Å². The Morgan fingerprint density at radius 1 is 0.846 bits per heavy atom. The predicted molar refractivity (Wildman–Crippen MR) is 59.4 cm³/mol. The molecule has 0 heterocycles. The minimum Gasteiger partial charge on any atom is -0.0877 e. The lowest BCUT2D eigenvalue weighted by Crippen LogP contribution is -1.66. The molecule has 0 atom stereocenters. The number of hydrogen-bond acceptors (Lipinski definition) is 0. The van der Waals surface area contributed by atoms with Crippen molar-refractivity contribution in [3.05, 3.63) is 66.3 Å². The molecule has 0 saturated carbocycles. The minimum atomic E-state index is 1.23. The van der Waals surface area contributed by atoms with Gasteiger partial charge in [-0.3, -0.25) is 0 Å². The maximum atomic E-state index is 2.08. The van der Waals surface area contributed by atoms with Crippen LogP contribution in [0.25, 0.3) is 6.08 Å². The van der Waals surface area contributed by atoms with Gasteiger partial charge in [-0.05, 0) is 12.5 Å². The molecule has 0 aliphatic rings. The van der Waals surface area contributed by atoms with E-state index in [4.69, 9.17) is 0 Å². The first-order chi connectivity index (χ1) is 6.43. The quantitative estimate of drug-likeness (QED) is 0.605. The number of rotatable bonds is 3. The van der Waals surface area contributed by atoms with Crippen LogP contribution >= 0.6 is 0 Å². The van der Waals surface area contributed by atoms with Crippen molar-refractivity contribution < 1.29 is 0 Å². The Labute approximate surface area is 79.9 Å². The topological polar surface area (TPSA) is 0 Å². The Kier molecular flexibility index (Phi) is 4.41. The summed E-state index contributed by atoms with van der Waals surface area (Å²) in [5.74, 6) is 0. The van der Waals surface area contributed by atoms with Crippen molar-refractivity contribution in [3.63, 3.8) is 0 Å². The third kappa shape index (κ3) is 4.12. The Morgan fingerprint density at radius 3 is 2.23 bits per heavy atom. The van der Waals surface area contributed by atoms with E-state index in [1.165, 1.54) is 5.56 Å². The van der Waals surface area contributed by atoms with Crippen LogP contribution in [0.2, 0.25) is 0 Å². The minimum absolute atomic E-state index is 1.23. The SMILES string of the molecule is C\C=C/C=C\C=C/c1ccccc1. The van der Waals surface area contributed by atoms with Gasteiger partial charge < -0.3 is 0 Å². The van der Waals surface area contributed by atoms with Crippen LogP contribution in [0.3, 0.4) is 0 Å². The van der Waals surface area contributed by atoms with E-state index in [0.717, 1.165) is 0 Å². The van der Waals surface area contributed by atoms with Crippen LogP contribution in [-0.4, -0.2) is 0 Å². The molecular weight excluding hydrogens is 156 g/mol. The molecule has 0 bridgehead atoms. The van der Waals surface area contributed by atoms with Gasteiger partial charge in [0.25, 0.3) is 0 Å². The van der Waals surface area contributed by atoms with Crippen LogP contribution in [0.1, 0.15) is 12.5 Å². The van der Waals surface area contributed by atoms with E-state index in [-0.39, 0.29) is 0 Å². The summed E-state index contributed by atoms with van der Waals surface area (Å²) in [5.41, 5.74) is 1.23. The summed E-state index contributed by atoms with van der Waals surface area (Å²) >= 11 is 0. The summed E-state index contributed by atoms with van der Waals surface area (Å²) in [6.45, 7) is 2.01. The Hall–Kier alpha value is -1.56. The normalized spacial score (nSPS) is 12.1. The van der Waals surface area contributed by atoms with Crippen molar-refractivity contribution in [3.8, 4) is 0 Å². The van der Waals surface area contributed by atoms with Crippen LogP contribution in [-0.2, 0) is 0 Å². The molecule has 1 aromatic carbocycles. The summed E-state index contributed by atoms with van der Waals surface area (Å²) < 4.78 is 0. The first kappa shape index (κ1) is 9.53. The Morgan fingerprint density at radius 2 is 1.54 bits per heavy atom. The molecule has 0 nitrogen and oxygen atoms in total. The van der Waals surface area contributed by atoms with E-state index in [0.29, 0.717) is 0 Å². The van der Waals surface area contributed by atoms with E-state index in [1.54, 1.807) is 0 Å². The molecule has 0 fully saturated rings. The number of allylic oxidation sites excluding steroid dienone is 5. The summed E-state index contributed by atoms with van der Waals surface area (Å²) in [6, 6.07) is 10.3. The standard InChI is InChI=1S/C13H14/c1-2-3-4-5-7-10-13-11-8-6-9-12-13/h2-12H,1H3/b3-2-,5-4-,10-7-. The second-order valence-electron chi connectivity index (χ2n) is 2.68. The maximum absolute atomic E-state index is 2.08. The zero-order valence-electron chi connectivity index (χ0n) is 7.85. The predicted octanol–water partition coefficient (Wildman–Crippen LogP) is 3.83. The molecule has 0 aliphatic carbocycles. The maximum Gasteiger partial charge on any atom is -0.0257 e. The van der Waals surface area contributed by atoms with E-state index in [2.05, 4.69) is 18.2 Å². The zero-order chi connectivity index (χ0) is 9.36. The summed E-state index contributed by atoms with van der Waals surface area (Å²) in [4.78, 5) is 0. The summed E-state index contributed by atoms with van der Waals surface area (Å²) in [7, 11) is 0. The molecule has 1 aromatic rings. The second-order valence-corrected chi connectivity index (χ2v) is 2.68. The van der Waals surface area contributed by atoms with Gasteiger partial charge in [0.1, 0.15) is 0 Å². The van der Waals surface area contributed by atoms with Gasteiger partial charge >= 0.3 is 0 Å². The molecule has 0 amide bonds. The third-order valence-corrected chi connectivity index (χ3v) is 1.61. The van der Waals surface area contributed by atoms with Gasteiger partial charge in [-0.2, -0.15) is 0 Å². The molecule has 0 heteroatoms. The van der Waals surface area contributed by atoms with Crippen LogP contribution in [0.4, 0.5) is 0 Å². The molecular formula is C13H14. The summed E-state index contributed by atoms with van der Waals surface area (Å²) in [6.07, 6.45) is 12.2. The zero-order valence-corrected chi connectivity index (χ0v) is 7.85. The molecule has 0 N–H and O–H groups in total. The Balaban J connectivity index is 2.50. The molecule has 0 aliphatic heterocycles. The van der Waals surface area contributed by atoms with Gasteiger partial charge in [-0.1, -0.05) is 66.8 Å². The molecule has 1 rings (SSSR count). The Bertz CT molecular complexity index is 302. The van der Waals surface area contributed by atoms with E-state index in [9.17, 15) is 0 Å². The molecule has 66 valence electrons. The van der Waals surface area contributed by atoms with Crippen LogP contribution in [0.15, 0.2) is 60.7 Å². The van der Waals surface area contributed by atoms with Crippen molar-refractivity contribution in [1.29, 1.82) is 0 Å². The van der Waals surface area contributed by atoms with E-state index in [1.807, 2.05) is 55.5 Å². The van der Waals surface area contributed by atoms with Gasteiger partial charge in [-0.15, -0.1) is 0 Å². The van der Waals surface area contributed by atoms with Crippen molar-refractivity contribution >= 4 is 6.08 Å². The highest BCUT2D eigenvalue weighted by molar-refractivity contribution is 5.50. The van der Waals surface area contributed by atoms with Crippen molar-refractivity contribution in [2.75, 3.05) is 0 Å². The fraction of sp³-hybridized carbons (Fsp3) is 0.0769. The first-order valence-electron chi connectivity index (χ1n) is 4.44. The molecule has 0 unspecified atom stereocenters. The van der Waals surface area contributed by atoms with Gasteiger partial charge in [0.15, 0.2) is 0 Å². The van der Waals surface area contributed by atoms with Crippen molar-refractivity contribution in [2.24, 2.45) is 0 Å². The van der Waals surface area contributed by atoms with Crippen LogP contribution in [0.5, 0.6) is 0 Å².